The standard InChI is InChI=1S/C30H26N10O10/c41-21(15-35-13-9-33-29(35)39(47)48)31-7-1-11-37-25(43)17-3-5-19-24-20(6-4-18(23(17)24)26(37)44)28(46)38(27(19)45)12-2-8-32-22(42)16-36-14-10-34-30(36)40(49)50/h3-6,9-10,13-14H,1-2,7-8,11-12,15-16H2,(H,31,41)(H,32,42). The number of carbonyl (C=O) groups excluding carboxylic acids is 6. The number of imide groups is 2. The van der Waals surface area contributed by atoms with Crippen molar-refractivity contribution in [3.05, 3.63) is 91.5 Å². The Morgan fingerprint density at radius 1 is 0.620 bits per heavy atom. The Labute approximate surface area is 279 Å². The maximum Gasteiger partial charge on any atom is 0.435 e. The summed E-state index contributed by atoms with van der Waals surface area (Å²) in [6.07, 6.45) is 5.35. The van der Waals surface area contributed by atoms with Gasteiger partial charge in [0.25, 0.3) is 35.4 Å². The molecule has 0 spiro atoms. The van der Waals surface area contributed by atoms with Crippen LogP contribution >= 0.6 is 0 Å². The van der Waals surface area contributed by atoms with Gasteiger partial charge in [-0.25, -0.2) is 9.13 Å². The van der Waals surface area contributed by atoms with Crippen LogP contribution in [-0.2, 0) is 22.7 Å². The summed E-state index contributed by atoms with van der Waals surface area (Å²) in [5, 5.41) is 27.6. The monoisotopic (exact) mass is 686 g/mol. The fraction of sp³-hybridized carbons (Fsp3) is 0.267. The number of carbonyl (C=O) groups is 6. The second kappa shape index (κ2) is 13.3. The zero-order valence-electron chi connectivity index (χ0n) is 25.9. The lowest BCUT2D eigenvalue weighted by atomic mass is 9.86. The van der Waals surface area contributed by atoms with Crippen LogP contribution in [0.4, 0.5) is 11.9 Å². The Hall–Kier alpha value is -6.86. The molecule has 2 aromatic heterocycles. The first-order valence-electron chi connectivity index (χ1n) is 15.1. The molecular weight excluding hydrogens is 660 g/mol. The van der Waals surface area contributed by atoms with E-state index in [1.54, 1.807) is 0 Å². The minimum Gasteiger partial charge on any atom is -0.390 e. The lowest BCUT2D eigenvalue weighted by Crippen LogP contribution is -2.44. The topological polar surface area (TPSA) is 255 Å². The molecule has 0 saturated carbocycles. The van der Waals surface area contributed by atoms with E-state index >= 15 is 0 Å². The van der Waals surface area contributed by atoms with E-state index in [0.717, 1.165) is 18.9 Å². The zero-order valence-corrected chi connectivity index (χ0v) is 25.9. The maximum absolute atomic E-state index is 13.5. The van der Waals surface area contributed by atoms with Gasteiger partial charge in [-0.05, 0) is 47.0 Å². The summed E-state index contributed by atoms with van der Waals surface area (Å²) in [4.78, 5) is 108. The largest absolute Gasteiger partial charge is 0.435 e. The molecule has 2 aliphatic heterocycles. The van der Waals surface area contributed by atoms with E-state index < -0.39 is 57.2 Å². The lowest BCUT2D eigenvalue weighted by molar-refractivity contribution is -0.396. The van der Waals surface area contributed by atoms with Gasteiger partial charge in [-0.1, -0.05) is 9.97 Å². The van der Waals surface area contributed by atoms with Crippen LogP contribution in [0.15, 0.2) is 49.1 Å². The minimum absolute atomic E-state index is 0.0605. The third-order valence-electron chi connectivity index (χ3n) is 8.17. The van der Waals surface area contributed by atoms with Crippen LogP contribution in [0.3, 0.4) is 0 Å². The maximum atomic E-state index is 13.5. The SMILES string of the molecule is O=C(Cn1ccnc1[N+](=O)[O-])NCCCN1C(=O)c2ccc3c4c(ccc(c24)C1=O)C(=O)N(CCCNC(=O)Cn1ccnc1[N+](=O)[O-])C3=O. The van der Waals surface area contributed by atoms with Crippen LogP contribution in [0, 0.1) is 20.2 Å². The third-order valence-corrected chi connectivity index (χ3v) is 8.17. The van der Waals surface area contributed by atoms with Crippen LogP contribution in [0.1, 0.15) is 54.3 Å². The van der Waals surface area contributed by atoms with Crippen LogP contribution in [-0.4, -0.2) is 100 Å². The minimum atomic E-state index is -0.716. The number of aromatic nitrogens is 4. The molecule has 50 heavy (non-hydrogen) atoms. The van der Waals surface area contributed by atoms with Gasteiger partial charge < -0.3 is 30.9 Å². The Balaban J connectivity index is 1.08. The molecule has 0 fully saturated rings. The Bertz CT molecular complexity index is 1920. The van der Waals surface area contributed by atoms with Gasteiger partial charge in [0.2, 0.25) is 0 Å². The molecule has 0 atom stereocenters. The summed E-state index contributed by atoms with van der Waals surface area (Å²) in [6.45, 7) is -0.679. The van der Waals surface area contributed by atoms with Gasteiger partial charge in [-0.2, -0.15) is 0 Å². The molecule has 4 heterocycles. The second-order valence-corrected chi connectivity index (χ2v) is 11.2. The van der Waals surface area contributed by atoms with Crippen molar-refractivity contribution in [3.63, 3.8) is 0 Å². The van der Waals surface area contributed by atoms with Crippen molar-refractivity contribution in [2.24, 2.45) is 0 Å². The number of nitro groups is 2. The van der Waals surface area contributed by atoms with Crippen molar-refractivity contribution < 1.29 is 38.6 Å². The molecule has 0 saturated heterocycles. The lowest BCUT2D eigenvalue weighted by Gasteiger charge is -2.32. The second-order valence-electron chi connectivity index (χ2n) is 11.2. The summed E-state index contributed by atoms with van der Waals surface area (Å²) < 4.78 is 2.14. The molecule has 0 aliphatic carbocycles. The van der Waals surface area contributed by atoms with E-state index in [4.69, 9.17) is 0 Å². The van der Waals surface area contributed by atoms with E-state index in [9.17, 15) is 49.0 Å². The normalized spacial score (nSPS) is 13.6. The van der Waals surface area contributed by atoms with Gasteiger partial charge in [0.15, 0.2) is 13.1 Å². The van der Waals surface area contributed by atoms with Crippen LogP contribution in [0.25, 0.3) is 10.8 Å². The molecule has 2 aliphatic rings. The van der Waals surface area contributed by atoms with E-state index in [1.165, 1.54) is 49.1 Å². The van der Waals surface area contributed by atoms with Gasteiger partial charge in [-0.3, -0.25) is 38.6 Å². The van der Waals surface area contributed by atoms with E-state index in [2.05, 4.69) is 20.6 Å². The number of nitrogens with zero attached hydrogens (tertiary/aromatic N) is 8. The van der Waals surface area contributed by atoms with Crippen molar-refractivity contribution >= 4 is 58.1 Å². The molecule has 20 nitrogen and oxygen atoms in total. The van der Waals surface area contributed by atoms with Crippen molar-refractivity contribution in [2.75, 3.05) is 26.2 Å². The van der Waals surface area contributed by atoms with Gasteiger partial charge in [0, 0.05) is 59.2 Å². The highest BCUT2D eigenvalue weighted by Gasteiger charge is 2.39. The van der Waals surface area contributed by atoms with Crippen molar-refractivity contribution in [2.45, 2.75) is 25.9 Å². The number of imidazole rings is 2. The van der Waals surface area contributed by atoms with Gasteiger partial charge >= 0.3 is 11.9 Å². The smallest absolute Gasteiger partial charge is 0.390 e. The Kier molecular flexibility index (Phi) is 8.81. The number of benzene rings is 2. The molecule has 2 aromatic carbocycles. The van der Waals surface area contributed by atoms with E-state index in [-0.39, 0.29) is 85.1 Å². The third kappa shape index (κ3) is 6.00. The summed E-state index contributed by atoms with van der Waals surface area (Å²) >= 11 is 0. The Morgan fingerprint density at radius 2 is 0.960 bits per heavy atom. The molecule has 6 rings (SSSR count). The highest BCUT2D eigenvalue weighted by atomic mass is 16.6. The van der Waals surface area contributed by atoms with Crippen molar-refractivity contribution in [1.29, 1.82) is 0 Å². The number of hydrogen-bond donors (Lipinski definition) is 2. The predicted octanol–water partition coefficient (Wildman–Crippen LogP) is 0.654. The van der Waals surface area contributed by atoms with Crippen LogP contribution in [0.2, 0.25) is 0 Å². The predicted molar refractivity (Wildman–Crippen MR) is 168 cm³/mol. The molecule has 4 aromatic rings. The number of hydrogen-bond acceptors (Lipinski definition) is 12. The summed E-state index contributed by atoms with van der Waals surface area (Å²) in [7, 11) is 0. The van der Waals surface area contributed by atoms with Crippen LogP contribution in [0.5, 0.6) is 0 Å². The average Bonchev–Trinajstić information content (AvgIpc) is 3.75. The highest BCUT2D eigenvalue weighted by molar-refractivity contribution is 6.33. The van der Waals surface area contributed by atoms with Gasteiger partial charge in [0.05, 0.1) is 0 Å². The molecule has 6 amide bonds. The van der Waals surface area contributed by atoms with Crippen molar-refractivity contribution in [1.82, 2.24) is 39.5 Å². The first kappa shape index (κ1) is 33.1. The highest BCUT2D eigenvalue weighted by Crippen LogP contribution is 2.37. The van der Waals surface area contributed by atoms with Crippen molar-refractivity contribution in [3.8, 4) is 0 Å². The van der Waals surface area contributed by atoms with E-state index in [0.29, 0.717) is 0 Å². The molecule has 0 bridgehead atoms. The summed E-state index contributed by atoms with van der Waals surface area (Å²) in [6, 6.07) is 5.70. The number of nitrogens with one attached hydrogen (secondary N) is 2. The van der Waals surface area contributed by atoms with Crippen LogP contribution < -0.4 is 10.6 Å². The quantitative estimate of drug-likeness (QED) is 0.0803. The summed E-state index contributed by atoms with van der Waals surface area (Å²) in [5.41, 5.74) is 0.524. The molecule has 0 radical (unpaired) electrons. The molecule has 20 heteroatoms. The van der Waals surface area contributed by atoms with E-state index in [1.807, 2.05) is 0 Å². The Morgan fingerprint density at radius 3 is 1.28 bits per heavy atom. The first-order chi connectivity index (χ1) is 24.0. The fourth-order valence-electron chi connectivity index (χ4n) is 5.93. The average molecular weight is 687 g/mol. The molecular formula is C30H26N10O10. The first-order valence-corrected chi connectivity index (χ1v) is 15.1. The fourth-order valence-corrected chi connectivity index (χ4v) is 5.93. The molecule has 2 N–H and O–H groups in total. The summed E-state index contributed by atoms with van der Waals surface area (Å²) in [5.74, 6) is -4.56. The van der Waals surface area contributed by atoms with Gasteiger partial charge in [0.1, 0.15) is 24.8 Å². The number of amides is 6. The zero-order chi connectivity index (χ0) is 35.7. The molecule has 256 valence electrons. The number of rotatable bonds is 14. The molecule has 0 unspecified atom stereocenters. The van der Waals surface area contributed by atoms with Gasteiger partial charge in [-0.15, -0.1) is 0 Å².